The summed E-state index contributed by atoms with van der Waals surface area (Å²) < 4.78 is 4.80. The number of fused-ring (bicyclic) bond motifs is 5. The second kappa shape index (κ2) is 5.41. The third kappa shape index (κ3) is 1.98. The van der Waals surface area contributed by atoms with Gasteiger partial charge in [0.15, 0.2) is 0 Å². The fraction of sp³-hybridized carbons (Fsp3) is 0.350. The van der Waals surface area contributed by atoms with Crippen LogP contribution in [0.1, 0.15) is 24.2 Å². The Morgan fingerprint density at radius 3 is 2.08 bits per heavy atom. The molecular weight excluding hydrogens is 318 g/mol. The van der Waals surface area contributed by atoms with Crippen LogP contribution in [0, 0.1) is 23.7 Å². The van der Waals surface area contributed by atoms with Crippen molar-refractivity contribution in [1.82, 2.24) is 0 Å². The van der Waals surface area contributed by atoms with Gasteiger partial charge in [-0.15, -0.1) is 0 Å². The molecule has 2 aliphatic carbocycles. The number of hydrogen-bond acceptors (Lipinski definition) is 4. The van der Waals surface area contributed by atoms with E-state index >= 15 is 0 Å². The molecule has 4 atom stereocenters. The molecule has 1 aliphatic heterocycles. The Bertz CT molecular complexity index is 828. The molecule has 4 rings (SSSR count). The van der Waals surface area contributed by atoms with Crippen LogP contribution in [-0.2, 0) is 14.3 Å². The quantitative estimate of drug-likeness (QED) is 0.473. The van der Waals surface area contributed by atoms with E-state index in [1.165, 1.54) is 23.2 Å². The Kier molecular flexibility index (Phi) is 3.42. The molecule has 1 aromatic carbocycles. The standard InChI is InChI=1S/C20H19NO4/c1-10(2)15-12-8-9-13(15)17-16(12)18(22)21(19(17)23)14-7-5-4-6-11(14)20(24)25-3/h4-9,12-13,16-17H,1-3H3/t12-,13-,16-,17+/m0/s1. The van der Waals surface area contributed by atoms with Gasteiger partial charge in [0.1, 0.15) is 0 Å². The molecule has 0 radical (unpaired) electrons. The summed E-state index contributed by atoms with van der Waals surface area (Å²) in [5.74, 6) is -1.74. The molecule has 25 heavy (non-hydrogen) atoms. The number of carbonyl (C=O) groups excluding carboxylic acids is 3. The van der Waals surface area contributed by atoms with E-state index in [-0.39, 0.29) is 41.0 Å². The number of benzene rings is 1. The topological polar surface area (TPSA) is 63.7 Å². The number of allylic oxidation sites excluding steroid dienone is 4. The highest BCUT2D eigenvalue weighted by Gasteiger charge is 2.62. The van der Waals surface area contributed by atoms with Gasteiger partial charge in [-0.1, -0.05) is 35.4 Å². The second-order valence-electron chi connectivity index (χ2n) is 6.96. The van der Waals surface area contributed by atoms with Crippen molar-refractivity contribution in [3.8, 4) is 0 Å². The van der Waals surface area contributed by atoms with Gasteiger partial charge >= 0.3 is 5.97 Å². The molecule has 0 spiro atoms. The maximum atomic E-state index is 13.1. The van der Waals surface area contributed by atoms with Crippen LogP contribution in [0.25, 0.3) is 0 Å². The summed E-state index contributed by atoms with van der Waals surface area (Å²) >= 11 is 0. The molecule has 1 saturated heterocycles. The number of anilines is 1. The summed E-state index contributed by atoms with van der Waals surface area (Å²) in [6.07, 6.45) is 4.10. The van der Waals surface area contributed by atoms with Gasteiger partial charge in [0.2, 0.25) is 11.8 Å². The first kappa shape index (κ1) is 15.8. The number of hydrogen-bond donors (Lipinski definition) is 0. The van der Waals surface area contributed by atoms with Crippen molar-refractivity contribution in [2.45, 2.75) is 13.8 Å². The first-order valence-corrected chi connectivity index (χ1v) is 8.38. The van der Waals surface area contributed by atoms with E-state index in [2.05, 4.69) is 12.2 Å². The van der Waals surface area contributed by atoms with Crippen molar-refractivity contribution in [1.29, 1.82) is 0 Å². The number of esters is 1. The number of imide groups is 1. The van der Waals surface area contributed by atoms with E-state index in [0.29, 0.717) is 5.69 Å². The zero-order valence-electron chi connectivity index (χ0n) is 14.4. The highest BCUT2D eigenvalue weighted by Crippen LogP contribution is 2.57. The number of methoxy groups -OCH3 is 1. The molecule has 3 aliphatic rings. The number of para-hydroxylation sites is 1. The van der Waals surface area contributed by atoms with Crippen molar-refractivity contribution in [3.05, 3.63) is 53.1 Å². The minimum atomic E-state index is -0.556. The van der Waals surface area contributed by atoms with Gasteiger partial charge in [-0.05, 0) is 26.0 Å². The number of rotatable bonds is 2. The SMILES string of the molecule is COC(=O)c1ccccc1N1C(=O)[C@@H]2[C@H](C1=O)[C@H]1C=C[C@H]2C1=C(C)C. The minimum Gasteiger partial charge on any atom is -0.465 e. The third-order valence-corrected chi connectivity index (χ3v) is 5.54. The molecular formula is C20H19NO4. The van der Waals surface area contributed by atoms with Crippen LogP contribution in [0.4, 0.5) is 5.69 Å². The lowest BCUT2D eigenvalue weighted by Gasteiger charge is -2.21. The van der Waals surface area contributed by atoms with Gasteiger partial charge in [-0.25, -0.2) is 9.69 Å². The van der Waals surface area contributed by atoms with Gasteiger partial charge < -0.3 is 4.74 Å². The Morgan fingerprint density at radius 2 is 1.56 bits per heavy atom. The van der Waals surface area contributed by atoms with E-state index in [9.17, 15) is 14.4 Å². The van der Waals surface area contributed by atoms with E-state index < -0.39 is 5.97 Å². The van der Waals surface area contributed by atoms with Crippen LogP contribution in [0.5, 0.6) is 0 Å². The van der Waals surface area contributed by atoms with E-state index in [1.807, 2.05) is 13.8 Å². The highest BCUT2D eigenvalue weighted by molar-refractivity contribution is 6.25. The van der Waals surface area contributed by atoms with Crippen molar-refractivity contribution >= 4 is 23.5 Å². The lowest BCUT2D eigenvalue weighted by Crippen LogP contribution is -2.34. The molecule has 1 heterocycles. The Labute approximate surface area is 146 Å². The number of amides is 2. The third-order valence-electron chi connectivity index (χ3n) is 5.54. The summed E-state index contributed by atoms with van der Waals surface area (Å²) in [4.78, 5) is 39.5. The predicted molar refractivity (Wildman–Crippen MR) is 91.7 cm³/mol. The van der Waals surface area contributed by atoms with Crippen molar-refractivity contribution in [3.63, 3.8) is 0 Å². The second-order valence-corrected chi connectivity index (χ2v) is 6.96. The fourth-order valence-electron chi connectivity index (χ4n) is 4.62. The normalized spacial score (nSPS) is 29.4. The maximum absolute atomic E-state index is 13.1. The van der Waals surface area contributed by atoms with E-state index in [0.717, 1.165) is 0 Å². The van der Waals surface area contributed by atoms with Gasteiger partial charge in [0, 0.05) is 11.8 Å². The van der Waals surface area contributed by atoms with E-state index in [1.54, 1.807) is 24.3 Å². The number of ether oxygens (including phenoxy) is 1. The van der Waals surface area contributed by atoms with Gasteiger partial charge in [-0.3, -0.25) is 9.59 Å². The van der Waals surface area contributed by atoms with Crippen molar-refractivity contribution in [2.75, 3.05) is 12.0 Å². The number of nitrogens with zero attached hydrogens (tertiary/aromatic N) is 1. The van der Waals surface area contributed by atoms with Crippen LogP contribution in [0.3, 0.4) is 0 Å². The summed E-state index contributed by atoms with van der Waals surface area (Å²) in [5, 5.41) is 0. The highest BCUT2D eigenvalue weighted by atomic mass is 16.5. The van der Waals surface area contributed by atoms with Crippen molar-refractivity contribution in [2.24, 2.45) is 23.7 Å². The summed E-state index contributed by atoms with van der Waals surface area (Å²) in [7, 11) is 1.28. The first-order valence-electron chi connectivity index (χ1n) is 8.38. The summed E-state index contributed by atoms with van der Waals surface area (Å²) in [6, 6.07) is 6.60. The first-order chi connectivity index (χ1) is 12.0. The molecule has 5 heteroatoms. The van der Waals surface area contributed by atoms with Gasteiger partial charge in [0.05, 0.1) is 30.2 Å². The molecule has 0 aromatic heterocycles. The average Bonchev–Trinajstić information content (AvgIpc) is 3.24. The molecule has 0 N–H and O–H groups in total. The van der Waals surface area contributed by atoms with Crippen LogP contribution in [0.2, 0.25) is 0 Å². The molecule has 2 amide bonds. The molecule has 1 saturated carbocycles. The summed E-state index contributed by atoms with van der Waals surface area (Å²) in [5.41, 5.74) is 2.93. The lowest BCUT2D eigenvalue weighted by molar-refractivity contribution is -0.122. The molecule has 5 nitrogen and oxygen atoms in total. The Balaban J connectivity index is 1.79. The average molecular weight is 337 g/mol. The van der Waals surface area contributed by atoms with Crippen LogP contribution in [0.15, 0.2) is 47.6 Å². The molecule has 2 bridgehead atoms. The monoisotopic (exact) mass is 337 g/mol. The Hall–Kier alpha value is -2.69. The molecule has 1 aromatic rings. The van der Waals surface area contributed by atoms with Crippen LogP contribution in [-0.4, -0.2) is 24.9 Å². The predicted octanol–water partition coefficient (Wildman–Crippen LogP) is 2.73. The molecule has 128 valence electrons. The van der Waals surface area contributed by atoms with E-state index in [4.69, 9.17) is 4.74 Å². The van der Waals surface area contributed by atoms with Crippen LogP contribution < -0.4 is 4.90 Å². The summed E-state index contributed by atoms with van der Waals surface area (Å²) in [6.45, 7) is 4.06. The zero-order chi connectivity index (χ0) is 17.9. The maximum Gasteiger partial charge on any atom is 0.339 e. The van der Waals surface area contributed by atoms with Crippen molar-refractivity contribution < 1.29 is 19.1 Å². The van der Waals surface area contributed by atoms with Gasteiger partial charge in [-0.2, -0.15) is 0 Å². The Morgan fingerprint density at radius 1 is 1.00 bits per heavy atom. The number of carbonyl (C=O) groups is 3. The van der Waals surface area contributed by atoms with Crippen LogP contribution >= 0.6 is 0 Å². The fourth-order valence-corrected chi connectivity index (χ4v) is 4.62. The smallest absolute Gasteiger partial charge is 0.339 e. The van der Waals surface area contributed by atoms with Gasteiger partial charge in [0.25, 0.3) is 0 Å². The lowest BCUT2D eigenvalue weighted by atomic mass is 9.85. The minimum absolute atomic E-state index is 0.00765. The largest absolute Gasteiger partial charge is 0.465 e. The zero-order valence-corrected chi connectivity index (χ0v) is 14.4. The molecule has 0 unspecified atom stereocenters. The molecule has 2 fully saturated rings.